The lowest BCUT2D eigenvalue weighted by Crippen LogP contribution is -2.41. The van der Waals surface area contributed by atoms with Crippen LogP contribution in [0.2, 0.25) is 0 Å². The number of carbonyl (C=O) groups excluding carboxylic acids is 1. The average Bonchev–Trinajstić information content (AvgIpc) is 2.88. The molecule has 1 aliphatic rings. The first-order valence-corrected chi connectivity index (χ1v) is 9.15. The topological polar surface area (TPSA) is 66.5 Å². The van der Waals surface area contributed by atoms with E-state index in [1.54, 1.807) is 4.90 Å². The van der Waals surface area contributed by atoms with Crippen molar-refractivity contribution < 1.29 is 22.0 Å². The van der Waals surface area contributed by atoms with Crippen LogP contribution >= 0.6 is 0 Å². The minimum Gasteiger partial charge on any atom is -0.337 e. The van der Waals surface area contributed by atoms with E-state index in [2.05, 4.69) is 4.72 Å². The quantitative estimate of drug-likeness (QED) is 0.881. The van der Waals surface area contributed by atoms with Crippen molar-refractivity contribution in [3.05, 3.63) is 65.7 Å². The van der Waals surface area contributed by atoms with Crippen molar-refractivity contribution in [2.75, 3.05) is 6.54 Å². The first-order chi connectivity index (χ1) is 11.9. The number of nitrogens with one attached hydrogen (secondary N) is 1. The van der Waals surface area contributed by atoms with Crippen molar-refractivity contribution in [2.24, 2.45) is 0 Å². The predicted octanol–water partition coefficient (Wildman–Crippen LogP) is 2.04. The molecule has 132 valence electrons. The van der Waals surface area contributed by atoms with E-state index in [0.29, 0.717) is 19.2 Å². The molecule has 0 aliphatic carbocycles. The highest BCUT2D eigenvalue weighted by Gasteiger charge is 2.35. The summed E-state index contributed by atoms with van der Waals surface area (Å²) in [6, 6.07) is 10.6. The molecule has 0 bridgehead atoms. The summed E-state index contributed by atoms with van der Waals surface area (Å²) in [6.07, 6.45) is 0.285. The van der Waals surface area contributed by atoms with Crippen LogP contribution in [0.1, 0.15) is 12.0 Å². The zero-order valence-corrected chi connectivity index (χ0v) is 14.0. The molecule has 0 unspecified atom stereocenters. The van der Waals surface area contributed by atoms with Gasteiger partial charge in [0, 0.05) is 19.2 Å². The number of hydrogen-bond donors (Lipinski definition) is 1. The van der Waals surface area contributed by atoms with Crippen molar-refractivity contribution in [2.45, 2.75) is 23.9 Å². The molecule has 2 aromatic carbocycles. The van der Waals surface area contributed by atoms with Gasteiger partial charge in [0.05, 0.1) is 0 Å². The average molecular weight is 366 g/mol. The van der Waals surface area contributed by atoms with Crippen molar-refractivity contribution in [1.29, 1.82) is 0 Å². The van der Waals surface area contributed by atoms with Gasteiger partial charge in [-0.2, -0.15) is 4.72 Å². The van der Waals surface area contributed by atoms with Gasteiger partial charge >= 0.3 is 0 Å². The van der Waals surface area contributed by atoms with E-state index in [1.165, 1.54) is 0 Å². The molecular formula is C17H16F2N2O3S. The molecule has 1 aliphatic heterocycles. The zero-order valence-electron chi connectivity index (χ0n) is 13.2. The predicted molar refractivity (Wildman–Crippen MR) is 86.9 cm³/mol. The van der Waals surface area contributed by atoms with Crippen molar-refractivity contribution in [3.8, 4) is 0 Å². The molecule has 0 aromatic heterocycles. The fraction of sp³-hybridized carbons (Fsp3) is 0.235. The summed E-state index contributed by atoms with van der Waals surface area (Å²) in [7, 11) is -4.26. The standard InChI is InChI=1S/C17H16F2N2O3S/c18-13-6-7-16(14(19)10-13)25(23,24)20-15-8-9-21(17(15)22)11-12-4-2-1-3-5-12/h1-7,10,15,20H,8-9,11H2/t15-/m0/s1. The zero-order chi connectivity index (χ0) is 18.0. The number of nitrogens with zero attached hydrogens (tertiary/aromatic N) is 1. The van der Waals surface area contributed by atoms with E-state index in [9.17, 15) is 22.0 Å². The largest absolute Gasteiger partial charge is 0.337 e. The van der Waals surface area contributed by atoms with Gasteiger partial charge in [-0.05, 0) is 24.1 Å². The lowest BCUT2D eigenvalue weighted by Gasteiger charge is -2.17. The van der Waals surface area contributed by atoms with Gasteiger partial charge in [-0.15, -0.1) is 0 Å². The summed E-state index contributed by atoms with van der Waals surface area (Å²) >= 11 is 0. The number of sulfonamides is 1. The second kappa shape index (κ2) is 6.89. The second-order valence-corrected chi connectivity index (χ2v) is 7.47. The van der Waals surface area contributed by atoms with E-state index >= 15 is 0 Å². The van der Waals surface area contributed by atoms with Crippen LogP contribution < -0.4 is 4.72 Å². The molecule has 0 saturated carbocycles. The van der Waals surface area contributed by atoms with Crippen LogP contribution in [0.5, 0.6) is 0 Å². The molecule has 1 fully saturated rings. The Morgan fingerprint density at radius 3 is 2.52 bits per heavy atom. The third-order valence-corrected chi connectivity index (χ3v) is 5.50. The molecule has 1 atom stereocenters. The Morgan fingerprint density at radius 2 is 1.84 bits per heavy atom. The van der Waals surface area contributed by atoms with Crippen LogP contribution in [0.3, 0.4) is 0 Å². The molecule has 1 saturated heterocycles. The summed E-state index contributed by atoms with van der Waals surface area (Å²) in [5.41, 5.74) is 0.934. The highest BCUT2D eigenvalue weighted by molar-refractivity contribution is 7.89. The summed E-state index contributed by atoms with van der Waals surface area (Å²) in [4.78, 5) is 13.3. The number of rotatable bonds is 5. The second-order valence-electron chi connectivity index (χ2n) is 5.78. The number of benzene rings is 2. The van der Waals surface area contributed by atoms with Crippen LogP contribution in [0.15, 0.2) is 53.4 Å². The van der Waals surface area contributed by atoms with Gasteiger partial charge < -0.3 is 4.90 Å². The van der Waals surface area contributed by atoms with E-state index in [1.807, 2.05) is 30.3 Å². The maximum absolute atomic E-state index is 13.7. The first kappa shape index (κ1) is 17.5. The smallest absolute Gasteiger partial charge is 0.244 e. The summed E-state index contributed by atoms with van der Waals surface area (Å²) in [6.45, 7) is 0.773. The van der Waals surface area contributed by atoms with Crippen LogP contribution in [0.4, 0.5) is 8.78 Å². The molecule has 1 heterocycles. The van der Waals surface area contributed by atoms with Gasteiger partial charge in [0.2, 0.25) is 15.9 Å². The van der Waals surface area contributed by atoms with Gasteiger partial charge in [0.1, 0.15) is 22.6 Å². The van der Waals surface area contributed by atoms with Gasteiger partial charge in [-0.3, -0.25) is 4.79 Å². The summed E-state index contributed by atoms with van der Waals surface area (Å²) in [5.74, 6) is -2.43. The van der Waals surface area contributed by atoms with E-state index in [0.717, 1.165) is 17.7 Å². The molecule has 3 rings (SSSR count). The number of carbonyl (C=O) groups is 1. The molecule has 1 N–H and O–H groups in total. The maximum atomic E-state index is 13.7. The van der Waals surface area contributed by atoms with E-state index in [4.69, 9.17) is 0 Å². The fourth-order valence-corrected chi connectivity index (χ4v) is 4.04. The normalized spacial score (nSPS) is 17.9. The Balaban J connectivity index is 1.72. The molecule has 5 nitrogen and oxygen atoms in total. The van der Waals surface area contributed by atoms with Crippen molar-refractivity contribution >= 4 is 15.9 Å². The molecule has 1 amide bonds. The molecule has 25 heavy (non-hydrogen) atoms. The van der Waals surface area contributed by atoms with Crippen molar-refractivity contribution in [1.82, 2.24) is 9.62 Å². The Bertz CT molecular complexity index is 888. The third kappa shape index (κ3) is 3.85. The Morgan fingerprint density at radius 1 is 1.12 bits per heavy atom. The summed E-state index contributed by atoms with van der Waals surface area (Å²) in [5, 5.41) is 0. The Labute approximate surface area is 144 Å². The minimum atomic E-state index is -4.26. The number of hydrogen-bond acceptors (Lipinski definition) is 3. The SMILES string of the molecule is O=C1[C@@H](NS(=O)(=O)c2ccc(F)cc2F)CCN1Cc1ccccc1. The Kier molecular flexibility index (Phi) is 4.82. The summed E-state index contributed by atoms with van der Waals surface area (Å²) < 4.78 is 53.5. The van der Waals surface area contributed by atoms with Crippen LogP contribution in [0, 0.1) is 11.6 Å². The van der Waals surface area contributed by atoms with Crippen LogP contribution in [-0.2, 0) is 21.4 Å². The highest BCUT2D eigenvalue weighted by atomic mass is 32.2. The Hall–Kier alpha value is -2.32. The fourth-order valence-electron chi connectivity index (χ4n) is 2.75. The minimum absolute atomic E-state index is 0.285. The van der Waals surface area contributed by atoms with Crippen LogP contribution in [0.25, 0.3) is 0 Å². The lowest BCUT2D eigenvalue weighted by atomic mass is 10.2. The number of halogens is 2. The lowest BCUT2D eigenvalue weighted by molar-refractivity contribution is -0.129. The maximum Gasteiger partial charge on any atom is 0.244 e. The number of likely N-dealkylation sites (tertiary alicyclic amines) is 1. The number of amides is 1. The monoisotopic (exact) mass is 366 g/mol. The molecule has 0 radical (unpaired) electrons. The van der Waals surface area contributed by atoms with Gasteiger partial charge in [0.15, 0.2) is 0 Å². The van der Waals surface area contributed by atoms with Gasteiger partial charge in [0.25, 0.3) is 0 Å². The molecular weight excluding hydrogens is 350 g/mol. The molecule has 0 spiro atoms. The van der Waals surface area contributed by atoms with E-state index in [-0.39, 0.29) is 12.3 Å². The van der Waals surface area contributed by atoms with Crippen LogP contribution in [-0.4, -0.2) is 31.8 Å². The third-order valence-electron chi connectivity index (χ3n) is 3.99. The van der Waals surface area contributed by atoms with Gasteiger partial charge in [-0.25, -0.2) is 17.2 Å². The molecule has 8 heteroatoms. The molecule has 2 aromatic rings. The first-order valence-electron chi connectivity index (χ1n) is 7.67. The van der Waals surface area contributed by atoms with Crippen molar-refractivity contribution in [3.63, 3.8) is 0 Å². The van der Waals surface area contributed by atoms with Gasteiger partial charge in [-0.1, -0.05) is 30.3 Å². The van der Waals surface area contributed by atoms with E-state index < -0.39 is 32.6 Å². The highest BCUT2D eigenvalue weighted by Crippen LogP contribution is 2.20.